The first kappa shape index (κ1) is 27.5. The van der Waals surface area contributed by atoms with E-state index in [0.29, 0.717) is 5.92 Å². The Morgan fingerprint density at radius 1 is 1.13 bits per heavy atom. The summed E-state index contributed by atoms with van der Waals surface area (Å²) >= 11 is 0. The first-order chi connectivity index (χ1) is 18.3. The summed E-state index contributed by atoms with van der Waals surface area (Å²) in [7, 11) is 1.81. The van der Waals surface area contributed by atoms with Gasteiger partial charge in [-0.2, -0.15) is 0 Å². The minimum atomic E-state index is -1.77. The van der Waals surface area contributed by atoms with E-state index in [1.165, 1.54) is 12.8 Å². The van der Waals surface area contributed by atoms with Crippen molar-refractivity contribution in [2.45, 2.75) is 116 Å². The van der Waals surface area contributed by atoms with Crippen LogP contribution in [0.2, 0.25) is 0 Å². The zero-order chi connectivity index (χ0) is 28.1. The molecule has 0 aromatic rings. The van der Waals surface area contributed by atoms with E-state index in [9.17, 15) is 14.7 Å². The maximum absolute atomic E-state index is 14.8. The summed E-state index contributed by atoms with van der Waals surface area (Å²) in [5, 5.41) is 13.1. The van der Waals surface area contributed by atoms with Crippen molar-refractivity contribution in [3.05, 3.63) is 23.3 Å². The van der Waals surface area contributed by atoms with Crippen LogP contribution in [0.1, 0.15) is 86.5 Å². The minimum Gasteiger partial charge on any atom is -0.438 e. The van der Waals surface area contributed by atoms with Gasteiger partial charge in [0.15, 0.2) is 23.3 Å². The molecule has 8 atom stereocenters. The highest BCUT2D eigenvalue weighted by Crippen LogP contribution is 2.72. The maximum atomic E-state index is 14.8. The molecule has 2 bridgehead atoms. The van der Waals surface area contributed by atoms with Crippen LogP contribution in [-0.2, 0) is 19.0 Å². The molecular formula is C32H47NO6. The van der Waals surface area contributed by atoms with Crippen LogP contribution in [0.3, 0.4) is 0 Å². The first-order valence-electron chi connectivity index (χ1n) is 15.2. The lowest BCUT2D eigenvalue weighted by Crippen LogP contribution is -2.68. The number of fused-ring (bicyclic) bond motifs is 5. The third kappa shape index (κ3) is 3.78. The predicted octanol–water partition coefficient (Wildman–Crippen LogP) is 5.41. The standard InChI is InChI=1S/C32H47NO6/c1-18-16-31-19(2)14-23-24(29(23,3)4)22(25(31)34)15-20-17-37-30(5,6)39-27(20)32(31,36)26(18)38-28(35)33(7)21-12-10-8-9-11-13-21/h15-16,19,21-24,26-27,36H,8-14,17H2,1-7H3/t19-,22+,23-,24+,26+,27-,31+,32-/m1/s1. The predicted molar refractivity (Wildman–Crippen MR) is 147 cm³/mol. The Bertz CT molecular complexity index is 1120. The number of carbonyl (C=O) groups excluding carboxylic acids is 2. The lowest BCUT2D eigenvalue weighted by molar-refractivity contribution is -0.303. The number of ketones is 1. The molecule has 6 rings (SSSR count). The molecule has 0 radical (unpaired) electrons. The van der Waals surface area contributed by atoms with E-state index < -0.39 is 35.1 Å². The number of carbonyl (C=O) groups is 2. The molecule has 0 aromatic carbocycles. The summed E-state index contributed by atoms with van der Waals surface area (Å²) in [4.78, 5) is 30.2. The summed E-state index contributed by atoms with van der Waals surface area (Å²) < 4.78 is 18.9. The normalized spacial score (nSPS) is 44.4. The van der Waals surface area contributed by atoms with Gasteiger partial charge in [-0.1, -0.05) is 58.6 Å². The number of allylic oxidation sites excluding steroid dienone is 1. The maximum Gasteiger partial charge on any atom is 0.410 e. The smallest absolute Gasteiger partial charge is 0.410 e. The summed E-state index contributed by atoms with van der Waals surface area (Å²) in [5.41, 5.74) is -1.41. The summed E-state index contributed by atoms with van der Waals surface area (Å²) in [6, 6.07) is 0.120. The fourth-order valence-electron chi connectivity index (χ4n) is 9.28. The summed E-state index contributed by atoms with van der Waals surface area (Å²) in [5.74, 6) is -0.778. The van der Waals surface area contributed by atoms with Gasteiger partial charge in [0.05, 0.1) is 12.0 Å². The average Bonchev–Trinajstić information content (AvgIpc) is 3.48. The molecule has 1 saturated heterocycles. The SMILES string of the molecule is CC1=C[C@]23C(=O)[C@@H](C=C4COC(C)(C)O[C@H]4[C@]2(O)[C@H]1OC(=O)N(C)C1CCCCCC1)[C@H]1[C@@H](C[C@H]3C)C1(C)C. The van der Waals surface area contributed by atoms with Crippen LogP contribution in [0.25, 0.3) is 0 Å². The molecule has 1 spiro atoms. The van der Waals surface area contributed by atoms with E-state index in [2.05, 4.69) is 20.8 Å². The number of hydrogen-bond acceptors (Lipinski definition) is 6. The van der Waals surface area contributed by atoms with Crippen molar-refractivity contribution in [1.29, 1.82) is 0 Å². The van der Waals surface area contributed by atoms with Crippen LogP contribution < -0.4 is 0 Å². The molecule has 4 fully saturated rings. The van der Waals surface area contributed by atoms with Crippen LogP contribution in [0.4, 0.5) is 4.79 Å². The van der Waals surface area contributed by atoms with E-state index >= 15 is 0 Å². The minimum absolute atomic E-state index is 0.0360. The summed E-state index contributed by atoms with van der Waals surface area (Å²) in [6.07, 6.45) is 9.08. The number of hydrogen-bond donors (Lipinski definition) is 1. The molecule has 1 N–H and O–H groups in total. The Hall–Kier alpha value is -1.70. The first-order valence-corrected chi connectivity index (χ1v) is 15.2. The number of rotatable bonds is 2. The molecule has 7 nitrogen and oxygen atoms in total. The van der Waals surface area contributed by atoms with Crippen LogP contribution in [0, 0.1) is 34.5 Å². The fourth-order valence-corrected chi connectivity index (χ4v) is 9.28. The third-order valence-electron chi connectivity index (χ3n) is 11.5. The third-order valence-corrected chi connectivity index (χ3v) is 11.5. The van der Waals surface area contributed by atoms with Gasteiger partial charge in [-0.05, 0) is 74.3 Å². The number of nitrogens with zero attached hydrogens (tertiary/aromatic N) is 1. The molecule has 3 saturated carbocycles. The van der Waals surface area contributed by atoms with Crippen molar-refractivity contribution in [1.82, 2.24) is 4.90 Å². The van der Waals surface area contributed by atoms with Crippen molar-refractivity contribution in [2.75, 3.05) is 13.7 Å². The van der Waals surface area contributed by atoms with Crippen LogP contribution >= 0.6 is 0 Å². The van der Waals surface area contributed by atoms with Crippen LogP contribution in [0.15, 0.2) is 23.3 Å². The monoisotopic (exact) mass is 541 g/mol. The van der Waals surface area contributed by atoms with Crippen LogP contribution in [0.5, 0.6) is 0 Å². The van der Waals surface area contributed by atoms with Gasteiger partial charge in [0, 0.05) is 19.0 Å². The second kappa shape index (κ2) is 8.90. The topological polar surface area (TPSA) is 85.3 Å². The van der Waals surface area contributed by atoms with E-state index in [-0.39, 0.29) is 41.6 Å². The number of ether oxygens (including phenoxy) is 3. The van der Waals surface area contributed by atoms with Gasteiger partial charge in [0.2, 0.25) is 0 Å². The lowest BCUT2D eigenvalue weighted by Gasteiger charge is -2.52. The van der Waals surface area contributed by atoms with E-state index in [1.807, 2.05) is 40.0 Å². The zero-order valence-electron chi connectivity index (χ0n) is 24.8. The van der Waals surface area contributed by atoms with Gasteiger partial charge in [-0.15, -0.1) is 0 Å². The zero-order valence-corrected chi connectivity index (χ0v) is 24.8. The Morgan fingerprint density at radius 2 is 1.79 bits per heavy atom. The molecule has 0 unspecified atom stereocenters. The van der Waals surface area contributed by atoms with Crippen molar-refractivity contribution in [2.24, 2.45) is 34.5 Å². The molecule has 5 aliphatic carbocycles. The Labute approximate surface area is 233 Å². The molecule has 216 valence electrons. The molecule has 0 aromatic heterocycles. The van der Waals surface area contributed by atoms with Crippen LogP contribution in [-0.4, -0.2) is 65.2 Å². The quantitative estimate of drug-likeness (QED) is 0.372. The van der Waals surface area contributed by atoms with Crippen molar-refractivity contribution in [3.8, 4) is 0 Å². The highest BCUT2D eigenvalue weighted by molar-refractivity contribution is 5.95. The molecule has 7 heteroatoms. The number of amides is 1. The van der Waals surface area contributed by atoms with Crippen molar-refractivity contribution >= 4 is 11.9 Å². The molecule has 1 amide bonds. The van der Waals surface area contributed by atoms with Crippen molar-refractivity contribution in [3.63, 3.8) is 0 Å². The van der Waals surface area contributed by atoms with Gasteiger partial charge < -0.3 is 24.2 Å². The number of aliphatic hydroxyl groups is 1. The van der Waals surface area contributed by atoms with E-state index in [1.54, 1.807) is 4.90 Å². The second-order valence-corrected chi connectivity index (χ2v) is 14.5. The van der Waals surface area contributed by atoms with Crippen molar-refractivity contribution < 1.29 is 28.9 Å². The second-order valence-electron chi connectivity index (χ2n) is 14.5. The highest BCUT2D eigenvalue weighted by Gasteiger charge is 2.77. The Kier molecular flexibility index (Phi) is 6.27. The highest BCUT2D eigenvalue weighted by atomic mass is 16.7. The number of Topliss-reactive ketones (excluding diaryl/α,β-unsaturated/α-hetero) is 1. The van der Waals surface area contributed by atoms with E-state index in [4.69, 9.17) is 14.2 Å². The molecule has 1 heterocycles. The van der Waals surface area contributed by atoms with Gasteiger partial charge in [0.25, 0.3) is 0 Å². The van der Waals surface area contributed by atoms with E-state index in [0.717, 1.165) is 43.3 Å². The van der Waals surface area contributed by atoms with Gasteiger partial charge >= 0.3 is 6.09 Å². The van der Waals surface area contributed by atoms with Gasteiger partial charge in [-0.3, -0.25) is 4.79 Å². The fraction of sp³-hybridized carbons (Fsp3) is 0.812. The largest absolute Gasteiger partial charge is 0.438 e. The lowest BCUT2D eigenvalue weighted by atomic mass is 9.59. The molecule has 39 heavy (non-hydrogen) atoms. The molecular weight excluding hydrogens is 494 g/mol. The summed E-state index contributed by atoms with van der Waals surface area (Å²) in [6.45, 7) is 12.5. The molecule has 1 aliphatic heterocycles. The Balaban J connectivity index is 1.43. The van der Waals surface area contributed by atoms with Gasteiger partial charge in [-0.25, -0.2) is 4.79 Å². The average molecular weight is 542 g/mol. The van der Waals surface area contributed by atoms with Gasteiger partial charge in [0.1, 0.15) is 6.10 Å². The Morgan fingerprint density at radius 3 is 2.46 bits per heavy atom. The molecule has 6 aliphatic rings.